The molecule has 0 fully saturated rings. The van der Waals surface area contributed by atoms with E-state index in [1.807, 2.05) is 0 Å². The molecule has 0 aliphatic heterocycles. The maximum absolute atomic E-state index is 10.5. The second kappa shape index (κ2) is 14.7. The standard InChI is InChI=1S/C7H14O2.C6H10O2/c1-3-5-6-9-7(8)4-2;1-3-5-8-6(7)4-2/h3-6H2,1-2H3;3H,1,4-5H2,2H3. The lowest BCUT2D eigenvalue weighted by Gasteiger charge is -1.99. The Morgan fingerprint density at radius 1 is 1.06 bits per heavy atom. The van der Waals surface area contributed by atoms with Crippen LogP contribution in [-0.2, 0) is 19.1 Å². The molecule has 0 aromatic rings. The number of hydrogen-bond acceptors (Lipinski definition) is 4. The summed E-state index contributed by atoms with van der Waals surface area (Å²) in [5.74, 6) is -0.270. The molecule has 4 nitrogen and oxygen atoms in total. The zero-order chi connectivity index (χ0) is 13.5. The maximum atomic E-state index is 10.5. The number of unbranched alkanes of at least 4 members (excludes halogenated alkanes) is 1. The van der Waals surface area contributed by atoms with Gasteiger partial charge in [-0.15, -0.1) is 0 Å². The molecule has 0 bridgehead atoms. The molecule has 0 unspecified atom stereocenters. The Bertz CT molecular complexity index is 211. The average Bonchev–Trinajstić information content (AvgIpc) is 2.36. The maximum Gasteiger partial charge on any atom is 0.305 e. The third-order valence-electron chi connectivity index (χ3n) is 1.70. The van der Waals surface area contributed by atoms with Gasteiger partial charge in [0.15, 0.2) is 0 Å². The minimum atomic E-state index is -0.176. The minimum absolute atomic E-state index is 0.0940. The number of rotatable bonds is 7. The molecule has 0 saturated carbocycles. The van der Waals surface area contributed by atoms with Gasteiger partial charge in [0, 0.05) is 12.8 Å². The summed E-state index contributed by atoms with van der Waals surface area (Å²) in [5, 5.41) is 0. The lowest BCUT2D eigenvalue weighted by atomic mass is 10.4. The van der Waals surface area contributed by atoms with Crippen LogP contribution in [0.2, 0.25) is 0 Å². The highest BCUT2D eigenvalue weighted by atomic mass is 16.5. The number of carbonyl (C=O) groups excluding carboxylic acids is 2. The monoisotopic (exact) mass is 244 g/mol. The fraction of sp³-hybridized carbons (Fsp3) is 0.692. The Morgan fingerprint density at radius 3 is 2.00 bits per heavy atom. The van der Waals surface area contributed by atoms with Crippen LogP contribution in [0.25, 0.3) is 0 Å². The third kappa shape index (κ3) is 17.3. The number of esters is 2. The average molecular weight is 244 g/mol. The van der Waals surface area contributed by atoms with Gasteiger partial charge in [-0.3, -0.25) is 9.59 Å². The molecule has 0 atom stereocenters. The van der Waals surface area contributed by atoms with Crippen molar-refractivity contribution in [1.82, 2.24) is 0 Å². The molecule has 0 aromatic heterocycles. The van der Waals surface area contributed by atoms with Crippen LogP contribution in [0.15, 0.2) is 12.7 Å². The van der Waals surface area contributed by atoms with Gasteiger partial charge in [-0.25, -0.2) is 0 Å². The highest BCUT2D eigenvalue weighted by Gasteiger charge is 1.94. The van der Waals surface area contributed by atoms with Crippen molar-refractivity contribution in [3.05, 3.63) is 12.7 Å². The predicted molar refractivity (Wildman–Crippen MR) is 67.6 cm³/mol. The smallest absolute Gasteiger partial charge is 0.305 e. The molecule has 0 spiro atoms. The van der Waals surface area contributed by atoms with Gasteiger partial charge in [0.25, 0.3) is 0 Å². The molecule has 0 saturated heterocycles. The van der Waals surface area contributed by atoms with Gasteiger partial charge < -0.3 is 9.47 Å². The quantitative estimate of drug-likeness (QED) is 0.392. The van der Waals surface area contributed by atoms with Crippen molar-refractivity contribution in [1.29, 1.82) is 0 Å². The van der Waals surface area contributed by atoms with Crippen LogP contribution in [0.4, 0.5) is 0 Å². The first-order valence-electron chi connectivity index (χ1n) is 6.04. The molecule has 0 aliphatic carbocycles. The van der Waals surface area contributed by atoms with E-state index in [2.05, 4.69) is 18.2 Å². The summed E-state index contributed by atoms with van der Waals surface area (Å²) in [6.45, 7) is 9.93. The van der Waals surface area contributed by atoms with Crippen LogP contribution < -0.4 is 0 Å². The van der Waals surface area contributed by atoms with E-state index in [1.54, 1.807) is 19.9 Å². The Hall–Kier alpha value is -1.32. The largest absolute Gasteiger partial charge is 0.466 e. The van der Waals surface area contributed by atoms with Crippen LogP contribution in [0.3, 0.4) is 0 Å². The van der Waals surface area contributed by atoms with E-state index < -0.39 is 0 Å². The van der Waals surface area contributed by atoms with Crippen molar-refractivity contribution in [2.75, 3.05) is 13.2 Å². The highest BCUT2D eigenvalue weighted by Crippen LogP contribution is 1.90. The Morgan fingerprint density at radius 2 is 1.59 bits per heavy atom. The Labute approximate surface area is 104 Å². The molecule has 0 radical (unpaired) electrons. The molecular weight excluding hydrogens is 220 g/mol. The predicted octanol–water partition coefficient (Wildman–Crippen LogP) is 2.87. The van der Waals surface area contributed by atoms with Gasteiger partial charge in [0.1, 0.15) is 6.61 Å². The number of carbonyl (C=O) groups is 2. The first-order chi connectivity index (χ1) is 8.12. The molecule has 0 amide bonds. The Balaban J connectivity index is 0. The lowest BCUT2D eigenvalue weighted by Crippen LogP contribution is -2.02. The Kier molecular flexibility index (Phi) is 15.6. The van der Waals surface area contributed by atoms with Crippen LogP contribution in [0, 0.1) is 0 Å². The van der Waals surface area contributed by atoms with Gasteiger partial charge >= 0.3 is 11.9 Å². The third-order valence-corrected chi connectivity index (χ3v) is 1.70. The van der Waals surface area contributed by atoms with Gasteiger partial charge in [0.05, 0.1) is 6.61 Å². The van der Waals surface area contributed by atoms with Gasteiger partial charge in [-0.05, 0) is 6.42 Å². The normalized spacial score (nSPS) is 8.65. The van der Waals surface area contributed by atoms with E-state index in [4.69, 9.17) is 4.74 Å². The second-order valence-electron chi connectivity index (χ2n) is 3.25. The summed E-state index contributed by atoms with van der Waals surface area (Å²) in [6, 6.07) is 0. The number of hydrogen-bond donors (Lipinski definition) is 0. The van der Waals surface area contributed by atoms with Crippen molar-refractivity contribution in [3.8, 4) is 0 Å². The van der Waals surface area contributed by atoms with Crippen molar-refractivity contribution >= 4 is 11.9 Å². The zero-order valence-corrected chi connectivity index (χ0v) is 11.2. The van der Waals surface area contributed by atoms with Crippen LogP contribution >= 0.6 is 0 Å². The van der Waals surface area contributed by atoms with E-state index in [0.29, 0.717) is 26.1 Å². The van der Waals surface area contributed by atoms with Crippen LogP contribution in [0.5, 0.6) is 0 Å². The summed E-state index contributed by atoms with van der Waals surface area (Å²) >= 11 is 0. The topological polar surface area (TPSA) is 52.6 Å². The highest BCUT2D eigenvalue weighted by molar-refractivity contribution is 5.69. The minimum Gasteiger partial charge on any atom is -0.466 e. The second-order valence-corrected chi connectivity index (χ2v) is 3.25. The fourth-order valence-electron chi connectivity index (χ4n) is 0.686. The SMILES string of the molecule is C=CCOC(=O)CC.CCCCOC(=O)CC. The summed E-state index contributed by atoms with van der Waals surface area (Å²) in [4.78, 5) is 20.8. The molecule has 17 heavy (non-hydrogen) atoms. The van der Waals surface area contributed by atoms with Crippen molar-refractivity contribution in [3.63, 3.8) is 0 Å². The first-order valence-corrected chi connectivity index (χ1v) is 6.04. The van der Waals surface area contributed by atoms with Crippen molar-refractivity contribution in [2.24, 2.45) is 0 Å². The van der Waals surface area contributed by atoms with E-state index in [-0.39, 0.29) is 11.9 Å². The van der Waals surface area contributed by atoms with E-state index in [0.717, 1.165) is 12.8 Å². The number of ether oxygens (including phenoxy) is 2. The van der Waals surface area contributed by atoms with Crippen molar-refractivity contribution < 1.29 is 19.1 Å². The van der Waals surface area contributed by atoms with E-state index in [9.17, 15) is 9.59 Å². The summed E-state index contributed by atoms with van der Waals surface area (Å²) in [5.41, 5.74) is 0. The first kappa shape index (κ1) is 18.1. The fourth-order valence-corrected chi connectivity index (χ4v) is 0.686. The van der Waals surface area contributed by atoms with Gasteiger partial charge in [-0.2, -0.15) is 0 Å². The molecule has 0 rings (SSSR count). The summed E-state index contributed by atoms with van der Waals surface area (Å²) in [6.07, 6.45) is 4.54. The van der Waals surface area contributed by atoms with Gasteiger partial charge in [0.2, 0.25) is 0 Å². The van der Waals surface area contributed by atoms with E-state index in [1.165, 1.54) is 0 Å². The molecule has 0 aliphatic rings. The molecular formula is C13H24O4. The van der Waals surface area contributed by atoms with Crippen LogP contribution in [-0.4, -0.2) is 25.2 Å². The molecule has 0 aromatic carbocycles. The van der Waals surface area contributed by atoms with Crippen molar-refractivity contribution in [2.45, 2.75) is 46.5 Å². The molecule has 4 heteroatoms. The summed E-state index contributed by atoms with van der Waals surface area (Å²) in [7, 11) is 0. The molecule has 100 valence electrons. The molecule has 0 N–H and O–H groups in total. The van der Waals surface area contributed by atoms with Gasteiger partial charge in [-0.1, -0.05) is 39.8 Å². The summed E-state index contributed by atoms with van der Waals surface area (Å²) < 4.78 is 9.38. The van der Waals surface area contributed by atoms with E-state index >= 15 is 0 Å². The van der Waals surface area contributed by atoms with Crippen LogP contribution in [0.1, 0.15) is 46.5 Å². The lowest BCUT2D eigenvalue weighted by molar-refractivity contribution is -0.143. The molecule has 0 heterocycles. The zero-order valence-electron chi connectivity index (χ0n) is 11.2.